The molecule has 96 valence electrons. The summed E-state index contributed by atoms with van der Waals surface area (Å²) in [4.78, 5) is 0. The molecule has 1 aliphatic rings. The number of benzene rings is 1. The number of hydrogen-bond acceptors (Lipinski definition) is 2. The number of halogens is 1. The van der Waals surface area contributed by atoms with Crippen LogP contribution in [0.1, 0.15) is 31.7 Å². The molecule has 0 saturated carbocycles. The minimum Gasteiger partial charge on any atom is -0.353 e. The molecule has 2 nitrogen and oxygen atoms in total. The van der Waals surface area contributed by atoms with Gasteiger partial charge in [0.05, 0.1) is 0 Å². The van der Waals surface area contributed by atoms with E-state index in [0.717, 1.165) is 30.0 Å². The lowest BCUT2D eigenvalue weighted by Crippen LogP contribution is -2.25. The van der Waals surface area contributed by atoms with E-state index in [-0.39, 0.29) is 12.4 Å². The molecule has 0 radical (unpaired) electrons. The van der Waals surface area contributed by atoms with Crippen molar-refractivity contribution >= 4 is 11.6 Å². The lowest BCUT2D eigenvalue weighted by Gasteiger charge is -2.24. The maximum atomic E-state index is 5.81. The molecular formula is C15H17ClO2. The first-order chi connectivity index (χ1) is 8.74. The van der Waals surface area contributed by atoms with E-state index in [9.17, 15) is 0 Å². The van der Waals surface area contributed by atoms with E-state index >= 15 is 0 Å². The third kappa shape index (κ3) is 4.34. The van der Waals surface area contributed by atoms with Crippen LogP contribution in [0, 0.1) is 11.8 Å². The molecule has 1 heterocycles. The van der Waals surface area contributed by atoms with Crippen LogP contribution in [0.25, 0.3) is 0 Å². The van der Waals surface area contributed by atoms with E-state index in [4.69, 9.17) is 21.1 Å². The van der Waals surface area contributed by atoms with Gasteiger partial charge in [0.1, 0.15) is 6.10 Å². The van der Waals surface area contributed by atoms with Crippen LogP contribution in [-0.2, 0) is 9.47 Å². The molecule has 2 rings (SSSR count). The fourth-order valence-corrected chi connectivity index (χ4v) is 1.92. The molecule has 1 aromatic carbocycles. The van der Waals surface area contributed by atoms with Gasteiger partial charge in [0, 0.05) is 17.2 Å². The van der Waals surface area contributed by atoms with Crippen molar-refractivity contribution in [3.8, 4) is 11.8 Å². The van der Waals surface area contributed by atoms with Crippen LogP contribution in [0.2, 0.25) is 5.02 Å². The normalized spacial score (nSPS) is 20.9. The van der Waals surface area contributed by atoms with Crippen molar-refractivity contribution in [2.75, 3.05) is 6.61 Å². The molecule has 0 aliphatic carbocycles. The van der Waals surface area contributed by atoms with Gasteiger partial charge < -0.3 is 9.47 Å². The second kappa shape index (κ2) is 6.80. The predicted molar refractivity (Wildman–Crippen MR) is 72.5 cm³/mol. The quantitative estimate of drug-likeness (QED) is 0.760. The Balaban J connectivity index is 1.86. The van der Waals surface area contributed by atoms with Gasteiger partial charge in [-0.1, -0.05) is 23.4 Å². The highest BCUT2D eigenvalue weighted by Crippen LogP contribution is 2.15. The van der Waals surface area contributed by atoms with Crippen LogP contribution >= 0.6 is 11.6 Å². The van der Waals surface area contributed by atoms with Crippen molar-refractivity contribution in [2.24, 2.45) is 0 Å². The van der Waals surface area contributed by atoms with E-state index in [1.54, 1.807) is 0 Å². The van der Waals surface area contributed by atoms with Gasteiger partial charge in [-0.3, -0.25) is 0 Å². The molecule has 1 aliphatic heterocycles. The summed E-state index contributed by atoms with van der Waals surface area (Å²) in [6, 6.07) is 7.47. The molecule has 0 aromatic heterocycles. The Morgan fingerprint density at radius 1 is 1.33 bits per heavy atom. The zero-order valence-corrected chi connectivity index (χ0v) is 11.2. The second-order valence-corrected chi connectivity index (χ2v) is 4.79. The van der Waals surface area contributed by atoms with Crippen molar-refractivity contribution in [1.29, 1.82) is 0 Å². The van der Waals surface area contributed by atoms with Crippen LogP contribution < -0.4 is 0 Å². The van der Waals surface area contributed by atoms with Crippen molar-refractivity contribution < 1.29 is 9.47 Å². The molecule has 0 N–H and O–H groups in total. The van der Waals surface area contributed by atoms with Crippen LogP contribution in [0.3, 0.4) is 0 Å². The Kier molecular flexibility index (Phi) is 5.07. The summed E-state index contributed by atoms with van der Waals surface area (Å²) in [7, 11) is 0. The Hall–Kier alpha value is -1.01. The molecule has 1 fully saturated rings. The Bertz CT molecular complexity index is 424. The van der Waals surface area contributed by atoms with Gasteiger partial charge in [-0.05, 0) is 50.5 Å². The summed E-state index contributed by atoms with van der Waals surface area (Å²) >= 11 is 5.81. The lowest BCUT2D eigenvalue weighted by atomic mass is 10.2. The van der Waals surface area contributed by atoms with E-state index in [2.05, 4.69) is 11.8 Å². The molecule has 1 saturated heterocycles. The molecular weight excluding hydrogens is 248 g/mol. The van der Waals surface area contributed by atoms with Gasteiger partial charge >= 0.3 is 0 Å². The van der Waals surface area contributed by atoms with Crippen LogP contribution in [0.15, 0.2) is 24.3 Å². The van der Waals surface area contributed by atoms with Crippen LogP contribution in [0.5, 0.6) is 0 Å². The predicted octanol–water partition coefficient (Wildman–Crippen LogP) is 3.62. The third-order valence-corrected chi connectivity index (χ3v) is 3.01. The zero-order chi connectivity index (χ0) is 12.8. The van der Waals surface area contributed by atoms with Crippen LogP contribution in [-0.4, -0.2) is 19.0 Å². The summed E-state index contributed by atoms with van der Waals surface area (Å²) in [5.74, 6) is 6.14. The second-order valence-electron chi connectivity index (χ2n) is 4.35. The van der Waals surface area contributed by atoms with Gasteiger partial charge in [-0.15, -0.1) is 0 Å². The minimum atomic E-state index is -0.122. The number of ether oxygens (including phenoxy) is 2. The highest BCUT2D eigenvalue weighted by Gasteiger charge is 2.15. The molecule has 0 bridgehead atoms. The molecule has 2 atom stereocenters. The van der Waals surface area contributed by atoms with E-state index in [1.807, 2.05) is 31.2 Å². The minimum absolute atomic E-state index is 0.0896. The molecule has 18 heavy (non-hydrogen) atoms. The van der Waals surface area contributed by atoms with Gasteiger partial charge in [-0.25, -0.2) is 0 Å². The molecule has 3 heteroatoms. The largest absolute Gasteiger partial charge is 0.353 e. The lowest BCUT2D eigenvalue weighted by molar-refractivity contribution is -0.173. The maximum absolute atomic E-state index is 5.81. The average Bonchev–Trinajstić information content (AvgIpc) is 2.39. The first kappa shape index (κ1) is 13.4. The highest BCUT2D eigenvalue weighted by molar-refractivity contribution is 6.30. The summed E-state index contributed by atoms with van der Waals surface area (Å²) in [5, 5.41) is 0.723. The maximum Gasteiger partial charge on any atom is 0.159 e. The fraction of sp³-hybridized carbons (Fsp3) is 0.467. The van der Waals surface area contributed by atoms with E-state index < -0.39 is 0 Å². The fourth-order valence-electron chi connectivity index (χ4n) is 1.80. The molecule has 0 amide bonds. The third-order valence-electron chi connectivity index (χ3n) is 2.76. The standard InChI is InChI=1S/C15H17ClO2/c1-12(18-15-4-2-3-11-17-15)5-6-13-7-9-14(16)10-8-13/h7-10,12,15H,2-4,11H2,1H3. The monoisotopic (exact) mass is 264 g/mol. The number of rotatable bonds is 2. The Morgan fingerprint density at radius 3 is 2.78 bits per heavy atom. The van der Waals surface area contributed by atoms with Gasteiger partial charge in [-0.2, -0.15) is 0 Å². The Labute approximate surface area is 113 Å². The van der Waals surface area contributed by atoms with Crippen molar-refractivity contribution in [3.63, 3.8) is 0 Å². The van der Waals surface area contributed by atoms with Crippen molar-refractivity contribution in [1.82, 2.24) is 0 Å². The SMILES string of the molecule is CC(C#Cc1ccc(Cl)cc1)OC1CCCCO1. The van der Waals surface area contributed by atoms with E-state index in [0.29, 0.717) is 0 Å². The summed E-state index contributed by atoms with van der Waals surface area (Å²) in [6.45, 7) is 2.74. The smallest absolute Gasteiger partial charge is 0.159 e. The summed E-state index contributed by atoms with van der Waals surface area (Å²) in [6.07, 6.45) is 3.05. The molecule has 2 unspecified atom stereocenters. The topological polar surface area (TPSA) is 18.5 Å². The zero-order valence-electron chi connectivity index (χ0n) is 10.5. The molecule has 1 aromatic rings. The number of hydrogen-bond donors (Lipinski definition) is 0. The Morgan fingerprint density at radius 2 is 2.11 bits per heavy atom. The molecule has 0 spiro atoms. The van der Waals surface area contributed by atoms with Crippen molar-refractivity contribution in [2.45, 2.75) is 38.6 Å². The summed E-state index contributed by atoms with van der Waals surface area (Å²) in [5.41, 5.74) is 0.944. The van der Waals surface area contributed by atoms with Crippen molar-refractivity contribution in [3.05, 3.63) is 34.9 Å². The first-order valence-corrected chi connectivity index (χ1v) is 6.66. The van der Waals surface area contributed by atoms with Gasteiger partial charge in [0.25, 0.3) is 0 Å². The van der Waals surface area contributed by atoms with Gasteiger partial charge in [0.15, 0.2) is 6.29 Å². The average molecular weight is 265 g/mol. The summed E-state index contributed by atoms with van der Waals surface area (Å²) < 4.78 is 11.2. The van der Waals surface area contributed by atoms with Gasteiger partial charge in [0.2, 0.25) is 0 Å². The first-order valence-electron chi connectivity index (χ1n) is 6.28. The van der Waals surface area contributed by atoms with E-state index in [1.165, 1.54) is 6.42 Å². The highest BCUT2D eigenvalue weighted by atomic mass is 35.5. The van der Waals surface area contributed by atoms with Crippen LogP contribution in [0.4, 0.5) is 0 Å².